The number of aromatic nitrogens is 3. The fourth-order valence-corrected chi connectivity index (χ4v) is 2.49. The molecule has 0 saturated carbocycles. The predicted octanol–water partition coefficient (Wildman–Crippen LogP) is 3.69. The van der Waals surface area contributed by atoms with Crippen LogP contribution in [-0.4, -0.2) is 14.4 Å². The molecule has 3 nitrogen and oxygen atoms in total. The molecule has 0 N–H and O–H groups in total. The minimum atomic E-state index is -0.258. The van der Waals surface area contributed by atoms with Gasteiger partial charge in [-0.1, -0.05) is 0 Å². The van der Waals surface area contributed by atoms with E-state index >= 15 is 0 Å². The molecule has 0 bridgehead atoms. The van der Waals surface area contributed by atoms with Crippen molar-refractivity contribution >= 4 is 16.4 Å². The number of fused-ring (bicyclic) bond motifs is 2. The van der Waals surface area contributed by atoms with Crippen molar-refractivity contribution in [3.05, 3.63) is 67.1 Å². The maximum absolute atomic E-state index is 13.8. The highest BCUT2D eigenvalue weighted by atomic mass is 19.1. The van der Waals surface area contributed by atoms with Crippen LogP contribution in [0.5, 0.6) is 0 Å². The van der Waals surface area contributed by atoms with Gasteiger partial charge in [0.15, 0.2) is 0 Å². The molecule has 0 unspecified atom stereocenters. The zero-order chi connectivity index (χ0) is 13.5. The van der Waals surface area contributed by atoms with E-state index in [9.17, 15) is 4.39 Å². The summed E-state index contributed by atoms with van der Waals surface area (Å²) in [7, 11) is 0. The van der Waals surface area contributed by atoms with Crippen molar-refractivity contribution in [1.29, 1.82) is 0 Å². The first-order valence-corrected chi connectivity index (χ1v) is 6.28. The molecule has 4 rings (SSSR count). The third kappa shape index (κ3) is 1.66. The minimum absolute atomic E-state index is 0.258. The van der Waals surface area contributed by atoms with Gasteiger partial charge >= 0.3 is 0 Å². The fraction of sp³-hybridized carbons (Fsp3) is 0. The summed E-state index contributed by atoms with van der Waals surface area (Å²) < 4.78 is 15.7. The summed E-state index contributed by atoms with van der Waals surface area (Å²) in [5.74, 6) is -0.258. The third-order valence-electron chi connectivity index (χ3n) is 3.42. The monoisotopic (exact) mass is 263 g/mol. The summed E-state index contributed by atoms with van der Waals surface area (Å²) in [6.45, 7) is 0. The average Bonchev–Trinajstić information content (AvgIpc) is 2.93. The van der Waals surface area contributed by atoms with Gasteiger partial charge in [0.05, 0.1) is 0 Å². The Morgan fingerprint density at radius 2 is 2.00 bits per heavy atom. The number of halogens is 1. The van der Waals surface area contributed by atoms with E-state index in [1.807, 2.05) is 35.0 Å². The van der Waals surface area contributed by atoms with Crippen LogP contribution in [-0.2, 0) is 0 Å². The van der Waals surface area contributed by atoms with Crippen molar-refractivity contribution in [3.63, 3.8) is 0 Å². The molecule has 96 valence electrons. The molecule has 0 amide bonds. The van der Waals surface area contributed by atoms with Gasteiger partial charge in [0, 0.05) is 36.4 Å². The molecule has 0 aliphatic carbocycles. The largest absolute Gasteiger partial charge is 0.306 e. The van der Waals surface area contributed by atoms with Gasteiger partial charge in [0.2, 0.25) is 0 Å². The topological polar surface area (TPSA) is 30.2 Å². The van der Waals surface area contributed by atoms with E-state index in [1.165, 1.54) is 6.07 Å². The number of nitrogens with zero attached hydrogens (tertiary/aromatic N) is 3. The predicted molar refractivity (Wildman–Crippen MR) is 75.9 cm³/mol. The zero-order valence-electron chi connectivity index (χ0n) is 10.5. The first-order valence-electron chi connectivity index (χ1n) is 6.28. The summed E-state index contributed by atoms with van der Waals surface area (Å²) in [5, 5.41) is 1.79. The van der Waals surface area contributed by atoms with E-state index in [-0.39, 0.29) is 5.82 Å². The lowest BCUT2D eigenvalue weighted by atomic mass is 10.0. The summed E-state index contributed by atoms with van der Waals surface area (Å²) in [6, 6.07) is 8.84. The van der Waals surface area contributed by atoms with Gasteiger partial charge in [-0.3, -0.25) is 4.98 Å². The second kappa shape index (κ2) is 4.13. The highest BCUT2D eigenvalue weighted by Gasteiger charge is 2.07. The normalized spacial score (nSPS) is 11.2. The standard InChI is InChI=1S/C16H10FN3/c17-13-7-12-9-18-4-3-14(12)15(8-13)11-1-2-16-19-5-6-20(16)10-11/h1-10H. The molecule has 0 fully saturated rings. The van der Waals surface area contributed by atoms with Gasteiger partial charge < -0.3 is 4.40 Å². The van der Waals surface area contributed by atoms with Gasteiger partial charge in [-0.25, -0.2) is 9.37 Å². The molecule has 0 saturated heterocycles. The quantitative estimate of drug-likeness (QED) is 0.524. The van der Waals surface area contributed by atoms with E-state index in [0.717, 1.165) is 27.5 Å². The molecule has 3 heterocycles. The van der Waals surface area contributed by atoms with Crippen LogP contribution >= 0.6 is 0 Å². The Morgan fingerprint density at radius 1 is 1.05 bits per heavy atom. The van der Waals surface area contributed by atoms with Gasteiger partial charge in [0.1, 0.15) is 11.5 Å². The van der Waals surface area contributed by atoms with Crippen LogP contribution in [0.3, 0.4) is 0 Å². The maximum Gasteiger partial charge on any atom is 0.136 e. The Balaban J connectivity index is 2.05. The smallest absolute Gasteiger partial charge is 0.136 e. The number of rotatable bonds is 1. The van der Waals surface area contributed by atoms with Gasteiger partial charge in [-0.05, 0) is 46.8 Å². The Morgan fingerprint density at radius 3 is 2.95 bits per heavy atom. The van der Waals surface area contributed by atoms with E-state index in [2.05, 4.69) is 9.97 Å². The van der Waals surface area contributed by atoms with Crippen LogP contribution in [0.25, 0.3) is 27.5 Å². The Labute approximate surface area is 114 Å². The lowest BCUT2D eigenvalue weighted by Gasteiger charge is -2.08. The zero-order valence-corrected chi connectivity index (χ0v) is 10.5. The molecule has 3 aromatic heterocycles. The van der Waals surface area contributed by atoms with Crippen LogP contribution in [0.1, 0.15) is 0 Å². The van der Waals surface area contributed by atoms with Crippen LogP contribution < -0.4 is 0 Å². The molecular formula is C16H10FN3. The molecule has 0 atom stereocenters. The van der Waals surface area contributed by atoms with Gasteiger partial charge in [-0.2, -0.15) is 0 Å². The van der Waals surface area contributed by atoms with Gasteiger partial charge in [0.25, 0.3) is 0 Å². The lowest BCUT2D eigenvalue weighted by molar-refractivity contribution is 0.630. The Bertz CT molecular complexity index is 927. The molecule has 0 spiro atoms. The van der Waals surface area contributed by atoms with E-state index in [4.69, 9.17) is 0 Å². The number of imidazole rings is 1. The molecule has 4 aromatic rings. The Kier molecular flexibility index (Phi) is 2.29. The molecule has 20 heavy (non-hydrogen) atoms. The van der Waals surface area contributed by atoms with Crippen molar-refractivity contribution < 1.29 is 4.39 Å². The van der Waals surface area contributed by atoms with Crippen molar-refractivity contribution in [1.82, 2.24) is 14.4 Å². The van der Waals surface area contributed by atoms with Gasteiger partial charge in [-0.15, -0.1) is 0 Å². The number of hydrogen-bond acceptors (Lipinski definition) is 2. The average molecular weight is 263 g/mol. The van der Waals surface area contributed by atoms with Crippen LogP contribution in [0.2, 0.25) is 0 Å². The second-order valence-corrected chi connectivity index (χ2v) is 4.66. The molecule has 0 radical (unpaired) electrons. The van der Waals surface area contributed by atoms with E-state index < -0.39 is 0 Å². The van der Waals surface area contributed by atoms with E-state index in [0.29, 0.717) is 0 Å². The molecule has 0 aliphatic heterocycles. The van der Waals surface area contributed by atoms with Crippen molar-refractivity contribution in [3.8, 4) is 11.1 Å². The SMILES string of the molecule is Fc1cc(-c2ccc3nccn3c2)c2ccncc2c1. The highest BCUT2D eigenvalue weighted by molar-refractivity contribution is 5.96. The van der Waals surface area contributed by atoms with Crippen molar-refractivity contribution in [2.24, 2.45) is 0 Å². The van der Waals surface area contributed by atoms with E-state index in [1.54, 1.807) is 24.7 Å². The second-order valence-electron chi connectivity index (χ2n) is 4.66. The first-order chi connectivity index (χ1) is 9.81. The fourth-order valence-electron chi connectivity index (χ4n) is 2.49. The number of pyridine rings is 2. The summed E-state index contributed by atoms with van der Waals surface area (Å²) in [5.41, 5.74) is 2.68. The number of hydrogen-bond donors (Lipinski definition) is 0. The molecular weight excluding hydrogens is 253 g/mol. The highest BCUT2D eigenvalue weighted by Crippen LogP contribution is 2.29. The Hall–Kier alpha value is -2.75. The summed E-state index contributed by atoms with van der Waals surface area (Å²) in [6.07, 6.45) is 8.97. The van der Waals surface area contributed by atoms with Crippen LogP contribution in [0.4, 0.5) is 4.39 Å². The molecule has 1 aromatic carbocycles. The number of benzene rings is 1. The molecule has 4 heteroatoms. The van der Waals surface area contributed by atoms with Crippen LogP contribution in [0.15, 0.2) is 61.3 Å². The summed E-state index contributed by atoms with van der Waals surface area (Å²) in [4.78, 5) is 8.26. The molecule has 0 aliphatic rings. The maximum atomic E-state index is 13.8. The summed E-state index contributed by atoms with van der Waals surface area (Å²) >= 11 is 0. The van der Waals surface area contributed by atoms with Crippen molar-refractivity contribution in [2.45, 2.75) is 0 Å². The lowest BCUT2D eigenvalue weighted by Crippen LogP contribution is -1.89. The van der Waals surface area contributed by atoms with Crippen molar-refractivity contribution in [2.75, 3.05) is 0 Å². The third-order valence-corrected chi connectivity index (χ3v) is 3.42. The first kappa shape index (κ1) is 11.1. The van der Waals surface area contributed by atoms with Crippen LogP contribution in [0, 0.1) is 5.82 Å². The minimum Gasteiger partial charge on any atom is -0.306 e.